The van der Waals surface area contributed by atoms with Crippen LogP contribution < -0.4 is 0 Å². The van der Waals surface area contributed by atoms with Gasteiger partial charge >= 0.3 is 0 Å². The fourth-order valence-corrected chi connectivity index (χ4v) is 15.9. The molecule has 0 nitrogen and oxygen atoms in total. The lowest BCUT2D eigenvalue weighted by atomic mass is 9.78. The van der Waals surface area contributed by atoms with Gasteiger partial charge in [-0.3, -0.25) is 0 Å². The van der Waals surface area contributed by atoms with Gasteiger partial charge in [-0.2, -0.15) is 0 Å². The second-order valence-electron chi connectivity index (χ2n) is 25.9. The van der Waals surface area contributed by atoms with E-state index in [4.69, 9.17) is 0 Å². The van der Waals surface area contributed by atoms with Crippen molar-refractivity contribution in [3.05, 3.63) is 275 Å². The van der Waals surface area contributed by atoms with Crippen LogP contribution in [0.25, 0.3) is 132 Å². The number of rotatable bonds is 6. The zero-order valence-electron chi connectivity index (χ0n) is 49.1. The first-order chi connectivity index (χ1) is 40.2. The third-order valence-corrected chi connectivity index (χ3v) is 20.3. The summed E-state index contributed by atoms with van der Waals surface area (Å²) in [6.45, 7) is 21.4. The predicted octanol–water partition coefficient (Wildman–Crippen LogP) is 22.7. The Bertz CT molecular complexity index is 4980. The van der Waals surface area contributed by atoms with Gasteiger partial charge in [0.25, 0.3) is 0 Å². The predicted molar refractivity (Wildman–Crippen MR) is 355 cm³/mol. The van der Waals surface area contributed by atoms with Crippen LogP contribution in [-0.2, 0) is 22.7 Å². The fourth-order valence-electron chi connectivity index (χ4n) is 15.9. The number of hydrogen-bond donors (Lipinski definition) is 0. The van der Waals surface area contributed by atoms with Crippen molar-refractivity contribution >= 4 is 43.1 Å². The van der Waals surface area contributed by atoms with Crippen molar-refractivity contribution in [1.29, 1.82) is 0 Å². The van der Waals surface area contributed by atoms with E-state index in [2.05, 4.69) is 287 Å². The standard InChI is InChI=1S/C83H66/c1-10-50-30-36-57-60-41-35-56(47-74(60)81(4,5)69(57)42-50)80-66-27-17-15-25-64(66)78(68-29-19-21-49(3)76(68)80)55-34-40-62-59-38-32-53(44-71(59)83(8,9)73(62)46-55)52-31-37-58-61-39-33-54(45-72(61)82(6,7)70(58)43-52)77-63-24-14-16-26-65(63)79(51-22-12-11-13-23-51)75-48(2)20-18-28-67(75)77/h11-47H,10H2,1-9H3. The van der Waals surface area contributed by atoms with Crippen LogP contribution in [0, 0.1) is 13.8 Å². The Morgan fingerprint density at radius 3 is 0.952 bits per heavy atom. The highest BCUT2D eigenvalue weighted by atomic mass is 14.4. The number of fused-ring (bicyclic) bond motifs is 13. The van der Waals surface area contributed by atoms with Crippen molar-refractivity contribution in [3.8, 4) is 89.0 Å². The van der Waals surface area contributed by atoms with Gasteiger partial charge in [0, 0.05) is 16.2 Å². The molecule has 398 valence electrons. The van der Waals surface area contributed by atoms with Gasteiger partial charge in [0.15, 0.2) is 0 Å². The summed E-state index contributed by atoms with van der Waals surface area (Å²) in [4.78, 5) is 0. The summed E-state index contributed by atoms with van der Waals surface area (Å²) < 4.78 is 0. The van der Waals surface area contributed by atoms with Crippen molar-refractivity contribution in [2.45, 2.75) is 85.0 Å². The van der Waals surface area contributed by atoms with E-state index in [1.54, 1.807) is 0 Å². The molecule has 0 heterocycles. The molecule has 0 spiro atoms. The molecule has 0 amide bonds. The van der Waals surface area contributed by atoms with Crippen LogP contribution in [0.2, 0.25) is 0 Å². The number of aryl methyl sites for hydroxylation is 3. The molecule has 0 fully saturated rings. The quantitative estimate of drug-likeness (QED) is 0.146. The first kappa shape index (κ1) is 49.7. The molecule has 13 aromatic carbocycles. The normalized spacial score (nSPS) is 14.7. The maximum Gasteiger partial charge on any atom is 0.0159 e. The fraction of sp³-hybridized carbons (Fsp3) is 0.157. The summed E-state index contributed by atoms with van der Waals surface area (Å²) in [7, 11) is 0. The molecule has 0 atom stereocenters. The molecule has 0 N–H and O–H groups in total. The first-order valence-electron chi connectivity index (χ1n) is 30.0. The lowest BCUT2D eigenvalue weighted by Gasteiger charge is -2.25. The van der Waals surface area contributed by atoms with E-state index in [9.17, 15) is 0 Å². The molecule has 0 saturated heterocycles. The van der Waals surface area contributed by atoms with Crippen LogP contribution in [0.4, 0.5) is 0 Å². The summed E-state index contributed by atoms with van der Waals surface area (Å²) in [5.74, 6) is 0. The molecule has 3 aliphatic rings. The van der Waals surface area contributed by atoms with E-state index in [1.807, 2.05) is 0 Å². The second kappa shape index (κ2) is 17.7. The SMILES string of the molecule is CCc1ccc2c(c1)C(C)(C)c1cc(-c3c4ccccc4c(-c4ccc5c(c4)C(C)(C)c4cc(-c6ccc7c(c6)C(C)(C)c6cc(-c8c9ccccc9c(-c9ccccc9)c9c(C)cccc89)ccc6-7)ccc4-5)c4cccc(C)c34)ccc1-2. The first-order valence-corrected chi connectivity index (χ1v) is 30.0. The smallest absolute Gasteiger partial charge is 0.0159 e. The second-order valence-corrected chi connectivity index (χ2v) is 25.9. The van der Waals surface area contributed by atoms with Gasteiger partial charge < -0.3 is 0 Å². The van der Waals surface area contributed by atoms with E-state index >= 15 is 0 Å². The Balaban J connectivity index is 0.764. The minimum atomic E-state index is -0.223. The Hall–Kier alpha value is -9.10. The van der Waals surface area contributed by atoms with Gasteiger partial charge in [-0.05, 0) is 233 Å². The zero-order chi connectivity index (χ0) is 56.4. The van der Waals surface area contributed by atoms with Crippen molar-refractivity contribution < 1.29 is 0 Å². The summed E-state index contributed by atoms with van der Waals surface area (Å²) in [5, 5.41) is 10.4. The average molecular weight is 1060 g/mol. The van der Waals surface area contributed by atoms with Crippen LogP contribution in [0.5, 0.6) is 0 Å². The van der Waals surface area contributed by atoms with Crippen LogP contribution in [0.1, 0.15) is 98.5 Å². The Kier molecular flexibility index (Phi) is 10.6. The molecular weight excluding hydrogens is 997 g/mol. The van der Waals surface area contributed by atoms with Crippen LogP contribution in [0.3, 0.4) is 0 Å². The average Bonchev–Trinajstić information content (AvgIpc) is 3.14. The minimum Gasteiger partial charge on any atom is -0.0622 e. The van der Waals surface area contributed by atoms with Crippen LogP contribution in [0.15, 0.2) is 224 Å². The van der Waals surface area contributed by atoms with E-state index < -0.39 is 0 Å². The maximum absolute atomic E-state index is 2.53. The molecule has 0 radical (unpaired) electrons. The molecule has 0 saturated carbocycles. The van der Waals surface area contributed by atoms with Crippen LogP contribution in [-0.4, -0.2) is 0 Å². The van der Waals surface area contributed by atoms with Crippen LogP contribution >= 0.6 is 0 Å². The highest BCUT2D eigenvalue weighted by molar-refractivity contribution is 6.24. The van der Waals surface area contributed by atoms with Crippen molar-refractivity contribution in [1.82, 2.24) is 0 Å². The highest BCUT2D eigenvalue weighted by Gasteiger charge is 2.40. The summed E-state index contributed by atoms with van der Waals surface area (Å²) in [6, 6.07) is 86.6. The van der Waals surface area contributed by atoms with Gasteiger partial charge in [-0.1, -0.05) is 243 Å². The van der Waals surface area contributed by atoms with Gasteiger partial charge in [0.05, 0.1) is 0 Å². The lowest BCUT2D eigenvalue weighted by molar-refractivity contribution is 0.659. The molecular formula is C83H66. The van der Waals surface area contributed by atoms with Gasteiger partial charge in [-0.25, -0.2) is 0 Å². The number of hydrogen-bond acceptors (Lipinski definition) is 0. The molecule has 13 aromatic rings. The van der Waals surface area contributed by atoms with Gasteiger partial charge in [0.1, 0.15) is 0 Å². The zero-order valence-corrected chi connectivity index (χ0v) is 49.1. The topological polar surface area (TPSA) is 0 Å². The van der Waals surface area contributed by atoms with Crippen molar-refractivity contribution in [2.75, 3.05) is 0 Å². The van der Waals surface area contributed by atoms with E-state index in [0.717, 1.165) is 6.42 Å². The van der Waals surface area contributed by atoms with Gasteiger partial charge in [-0.15, -0.1) is 0 Å². The van der Waals surface area contributed by atoms with E-state index in [0.29, 0.717) is 0 Å². The molecule has 16 rings (SSSR count). The third-order valence-electron chi connectivity index (χ3n) is 20.3. The van der Waals surface area contributed by atoms with Crippen molar-refractivity contribution in [2.24, 2.45) is 0 Å². The summed E-state index contributed by atoms with van der Waals surface area (Å²) in [6.07, 6.45) is 1.04. The van der Waals surface area contributed by atoms with Gasteiger partial charge in [0.2, 0.25) is 0 Å². The summed E-state index contributed by atoms with van der Waals surface area (Å²) >= 11 is 0. The molecule has 0 heteroatoms. The summed E-state index contributed by atoms with van der Waals surface area (Å²) in [5.41, 5.74) is 32.8. The van der Waals surface area contributed by atoms with Crippen molar-refractivity contribution in [3.63, 3.8) is 0 Å². The molecule has 0 aliphatic heterocycles. The molecule has 83 heavy (non-hydrogen) atoms. The molecule has 0 bridgehead atoms. The molecule has 3 aliphatic carbocycles. The Morgan fingerprint density at radius 2 is 0.554 bits per heavy atom. The maximum atomic E-state index is 2.53. The Labute approximate surface area is 488 Å². The lowest BCUT2D eigenvalue weighted by Crippen LogP contribution is -2.15. The minimum absolute atomic E-state index is 0.0948. The highest BCUT2D eigenvalue weighted by Crippen LogP contribution is 2.57. The monoisotopic (exact) mass is 1060 g/mol. The Morgan fingerprint density at radius 1 is 0.253 bits per heavy atom. The van der Waals surface area contributed by atoms with E-state index in [-0.39, 0.29) is 16.2 Å². The largest absolute Gasteiger partial charge is 0.0622 e. The molecule has 0 aromatic heterocycles. The number of benzene rings is 13. The molecule has 0 unspecified atom stereocenters. The third kappa shape index (κ3) is 6.99. The van der Waals surface area contributed by atoms with E-state index in [1.165, 1.54) is 182 Å².